The van der Waals surface area contributed by atoms with Crippen LogP contribution in [-0.4, -0.2) is 23.5 Å². The molecule has 0 aliphatic heterocycles. The standard InChI is InChI=1S/C17H26N2O/c1-5-17(4,19(6-2)7-3)16(18)15-12-13-10-8-9-11-14(13)20-15/h8-12,16H,5-7,18H2,1-4H3. The molecule has 1 aromatic carbocycles. The van der Waals surface area contributed by atoms with Crippen LogP contribution in [0.5, 0.6) is 0 Å². The van der Waals surface area contributed by atoms with Crippen molar-refractivity contribution in [3.05, 3.63) is 36.1 Å². The maximum absolute atomic E-state index is 6.56. The van der Waals surface area contributed by atoms with E-state index < -0.39 is 0 Å². The summed E-state index contributed by atoms with van der Waals surface area (Å²) in [5.74, 6) is 0.877. The maximum atomic E-state index is 6.56. The van der Waals surface area contributed by atoms with E-state index in [4.69, 9.17) is 10.2 Å². The van der Waals surface area contributed by atoms with Gasteiger partial charge in [0, 0.05) is 10.9 Å². The summed E-state index contributed by atoms with van der Waals surface area (Å²) in [6.07, 6.45) is 0.993. The summed E-state index contributed by atoms with van der Waals surface area (Å²) in [5, 5.41) is 1.12. The minimum atomic E-state index is -0.125. The van der Waals surface area contributed by atoms with Crippen molar-refractivity contribution in [3.8, 4) is 0 Å². The molecule has 2 atom stereocenters. The second-order valence-corrected chi connectivity index (χ2v) is 5.55. The molecule has 0 saturated heterocycles. The maximum Gasteiger partial charge on any atom is 0.134 e. The van der Waals surface area contributed by atoms with Gasteiger partial charge >= 0.3 is 0 Å². The third kappa shape index (κ3) is 2.48. The quantitative estimate of drug-likeness (QED) is 0.867. The summed E-state index contributed by atoms with van der Waals surface area (Å²) in [7, 11) is 0. The lowest BCUT2D eigenvalue weighted by Gasteiger charge is -2.43. The number of nitrogens with two attached hydrogens (primary N) is 1. The summed E-state index contributed by atoms with van der Waals surface area (Å²) < 4.78 is 5.97. The molecule has 0 aliphatic carbocycles. The van der Waals surface area contributed by atoms with Crippen LogP contribution in [0.1, 0.15) is 45.9 Å². The monoisotopic (exact) mass is 274 g/mol. The molecule has 110 valence electrons. The van der Waals surface area contributed by atoms with Gasteiger partial charge < -0.3 is 10.2 Å². The molecule has 3 heteroatoms. The summed E-state index contributed by atoms with van der Waals surface area (Å²) in [6.45, 7) is 10.8. The number of para-hydroxylation sites is 1. The van der Waals surface area contributed by atoms with Crippen LogP contribution in [0.3, 0.4) is 0 Å². The first kappa shape index (κ1) is 15.1. The second-order valence-electron chi connectivity index (χ2n) is 5.55. The van der Waals surface area contributed by atoms with Gasteiger partial charge in [0.05, 0.1) is 6.04 Å². The van der Waals surface area contributed by atoms with Gasteiger partial charge in [0.2, 0.25) is 0 Å². The fourth-order valence-corrected chi connectivity index (χ4v) is 3.05. The van der Waals surface area contributed by atoms with E-state index in [1.165, 1.54) is 0 Å². The van der Waals surface area contributed by atoms with Crippen LogP contribution in [0, 0.1) is 0 Å². The molecule has 2 N–H and O–H groups in total. The van der Waals surface area contributed by atoms with Gasteiger partial charge in [-0.15, -0.1) is 0 Å². The smallest absolute Gasteiger partial charge is 0.134 e. The molecule has 0 amide bonds. The largest absolute Gasteiger partial charge is 0.459 e. The Morgan fingerprint density at radius 2 is 1.85 bits per heavy atom. The lowest BCUT2D eigenvalue weighted by molar-refractivity contribution is 0.0773. The predicted molar refractivity (Wildman–Crippen MR) is 84.8 cm³/mol. The highest BCUT2D eigenvalue weighted by atomic mass is 16.3. The van der Waals surface area contributed by atoms with Gasteiger partial charge in [-0.1, -0.05) is 39.0 Å². The number of likely N-dealkylation sites (N-methyl/N-ethyl adjacent to an activating group) is 1. The topological polar surface area (TPSA) is 42.4 Å². The summed E-state index contributed by atoms with van der Waals surface area (Å²) >= 11 is 0. The van der Waals surface area contributed by atoms with E-state index in [0.717, 1.165) is 36.2 Å². The Morgan fingerprint density at radius 1 is 1.20 bits per heavy atom. The first-order chi connectivity index (χ1) is 9.56. The Hall–Kier alpha value is -1.32. The van der Waals surface area contributed by atoms with Gasteiger partial charge in [0.15, 0.2) is 0 Å². The van der Waals surface area contributed by atoms with Gasteiger partial charge in [-0.3, -0.25) is 4.90 Å². The molecular formula is C17H26N2O. The van der Waals surface area contributed by atoms with Crippen LogP contribution in [-0.2, 0) is 0 Å². The fourth-order valence-electron chi connectivity index (χ4n) is 3.05. The zero-order valence-corrected chi connectivity index (χ0v) is 13.0. The Bertz CT molecular complexity index is 526. The summed E-state index contributed by atoms with van der Waals surface area (Å²) in [5.41, 5.74) is 7.39. The van der Waals surface area contributed by atoms with E-state index in [-0.39, 0.29) is 11.6 Å². The Morgan fingerprint density at radius 3 is 2.40 bits per heavy atom. The molecule has 0 saturated carbocycles. The van der Waals surface area contributed by atoms with E-state index >= 15 is 0 Å². The van der Waals surface area contributed by atoms with Gasteiger partial charge in [-0.2, -0.15) is 0 Å². The average Bonchev–Trinajstić information content (AvgIpc) is 2.91. The molecule has 1 aromatic heterocycles. The molecular weight excluding hydrogens is 248 g/mol. The molecule has 0 fully saturated rings. The van der Waals surface area contributed by atoms with Crippen molar-refractivity contribution in [3.63, 3.8) is 0 Å². The highest BCUT2D eigenvalue weighted by Gasteiger charge is 2.37. The van der Waals surface area contributed by atoms with Crippen molar-refractivity contribution in [2.45, 2.75) is 45.7 Å². The lowest BCUT2D eigenvalue weighted by Crippen LogP contribution is -2.52. The molecule has 0 bridgehead atoms. The highest BCUT2D eigenvalue weighted by Crippen LogP contribution is 2.34. The van der Waals surface area contributed by atoms with Gasteiger partial charge in [-0.05, 0) is 38.6 Å². The van der Waals surface area contributed by atoms with Crippen molar-refractivity contribution in [1.82, 2.24) is 4.90 Å². The SMILES string of the molecule is CCN(CC)C(C)(CC)C(N)c1cc2ccccc2o1. The van der Waals surface area contributed by atoms with Crippen molar-refractivity contribution < 1.29 is 4.42 Å². The molecule has 3 nitrogen and oxygen atoms in total. The first-order valence-corrected chi connectivity index (χ1v) is 7.55. The highest BCUT2D eigenvalue weighted by molar-refractivity contribution is 5.77. The Labute approximate surface area is 121 Å². The number of hydrogen-bond donors (Lipinski definition) is 1. The van der Waals surface area contributed by atoms with Gasteiger partial charge in [0.1, 0.15) is 11.3 Å². The Kier molecular flexibility index (Phi) is 4.51. The van der Waals surface area contributed by atoms with E-state index in [2.05, 4.69) is 44.7 Å². The molecule has 1 heterocycles. The van der Waals surface area contributed by atoms with Crippen LogP contribution < -0.4 is 5.73 Å². The van der Waals surface area contributed by atoms with E-state index in [1.54, 1.807) is 0 Å². The number of fused-ring (bicyclic) bond motifs is 1. The van der Waals surface area contributed by atoms with Gasteiger partial charge in [-0.25, -0.2) is 0 Å². The number of benzene rings is 1. The first-order valence-electron chi connectivity index (χ1n) is 7.55. The summed E-state index contributed by atoms with van der Waals surface area (Å²) in [4.78, 5) is 2.42. The van der Waals surface area contributed by atoms with E-state index in [1.807, 2.05) is 18.2 Å². The van der Waals surface area contributed by atoms with Crippen molar-refractivity contribution in [2.75, 3.05) is 13.1 Å². The van der Waals surface area contributed by atoms with Crippen molar-refractivity contribution >= 4 is 11.0 Å². The molecule has 20 heavy (non-hydrogen) atoms. The van der Waals surface area contributed by atoms with E-state index in [0.29, 0.717) is 0 Å². The average molecular weight is 274 g/mol. The van der Waals surface area contributed by atoms with Crippen LogP contribution in [0.2, 0.25) is 0 Å². The number of hydrogen-bond acceptors (Lipinski definition) is 3. The van der Waals surface area contributed by atoms with Crippen LogP contribution >= 0.6 is 0 Å². The summed E-state index contributed by atoms with van der Waals surface area (Å²) in [6, 6.07) is 10.0. The predicted octanol–water partition coefficient (Wildman–Crippen LogP) is 3.94. The van der Waals surface area contributed by atoms with Crippen LogP contribution in [0.4, 0.5) is 0 Å². The van der Waals surface area contributed by atoms with E-state index in [9.17, 15) is 0 Å². The molecule has 2 aromatic rings. The van der Waals surface area contributed by atoms with Gasteiger partial charge in [0.25, 0.3) is 0 Å². The van der Waals surface area contributed by atoms with Crippen molar-refractivity contribution in [1.29, 1.82) is 0 Å². The molecule has 2 rings (SSSR count). The lowest BCUT2D eigenvalue weighted by atomic mass is 9.86. The number of nitrogens with zero attached hydrogens (tertiary/aromatic N) is 1. The zero-order valence-electron chi connectivity index (χ0n) is 13.0. The molecule has 2 unspecified atom stereocenters. The number of furan rings is 1. The number of rotatable bonds is 6. The normalized spacial score (nSPS) is 16.5. The minimum absolute atomic E-state index is 0.0859. The molecule has 0 radical (unpaired) electrons. The third-order valence-electron chi connectivity index (χ3n) is 4.62. The zero-order chi connectivity index (χ0) is 14.8. The van der Waals surface area contributed by atoms with Crippen molar-refractivity contribution in [2.24, 2.45) is 5.73 Å². The fraction of sp³-hybridized carbons (Fsp3) is 0.529. The molecule has 0 aliphatic rings. The second kappa shape index (κ2) is 5.98. The Balaban J connectivity index is 2.38. The minimum Gasteiger partial charge on any atom is -0.459 e. The van der Waals surface area contributed by atoms with Crippen LogP contribution in [0.15, 0.2) is 34.7 Å². The van der Waals surface area contributed by atoms with Crippen LogP contribution in [0.25, 0.3) is 11.0 Å². The third-order valence-corrected chi connectivity index (χ3v) is 4.62. The molecule has 0 spiro atoms.